The molecule has 0 N–H and O–H groups in total. The molecule has 2 rings (SSSR count). The summed E-state index contributed by atoms with van der Waals surface area (Å²) in [5.41, 5.74) is 1.16. The van der Waals surface area contributed by atoms with E-state index in [1.54, 1.807) is 6.40 Å². The first-order valence-electron chi connectivity index (χ1n) is 4.92. The van der Waals surface area contributed by atoms with E-state index in [0.717, 1.165) is 6.42 Å². The Labute approximate surface area is 84.6 Å². The number of rotatable bonds is 2. The zero-order valence-corrected chi connectivity index (χ0v) is 8.60. The van der Waals surface area contributed by atoms with Gasteiger partial charge in [-0.05, 0) is 25.8 Å². The predicted octanol–water partition coefficient (Wildman–Crippen LogP) is 2.43. The Morgan fingerprint density at radius 2 is 2.00 bits per heavy atom. The highest BCUT2D eigenvalue weighted by Crippen LogP contribution is 2.24. The summed E-state index contributed by atoms with van der Waals surface area (Å²) >= 11 is 0. The quantitative estimate of drug-likeness (QED) is 0.700. The lowest BCUT2D eigenvalue weighted by atomic mass is 9.93. The number of benzene rings is 1. The van der Waals surface area contributed by atoms with Crippen LogP contribution >= 0.6 is 0 Å². The number of aliphatic imine (C=N–C) groups is 1. The molecule has 1 atom stereocenters. The maximum atomic E-state index is 5.43. The molecule has 1 aliphatic heterocycles. The van der Waals surface area contributed by atoms with Crippen molar-refractivity contribution >= 4 is 6.40 Å². The highest BCUT2D eigenvalue weighted by Gasteiger charge is 2.34. The van der Waals surface area contributed by atoms with Crippen molar-refractivity contribution in [3.63, 3.8) is 0 Å². The standard InChI is InChI=1S/C12H15NO/c1-12(2)11(13-9-14-12)8-10-6-4-3-5-7-10/h3-7,9,11H,8H2,1-2H3/t11-/m1/s1. The molecule has 1 aliphatic rings. The fourth-order valence-corrected chi connectivity index (χ4v) is 1.63. The lowest BCUT2D eigenvalue weighted by Gasteiger charge is -2.24. The average molecular weight is 189 g/mol. The van der Waals surface area contributed by atoms with Crippen LogP contribution in [0.3, 0.4) is 0 Å². The molecule has 0 aromatic heterocycles. The zero-order chi connectivity index (χ0) is 10.0. The second kappa shape index (κ2) is 3.45. The van der Waals surface area contributed by atoms with Gasteiger partial charge in [-0.2, -0.15) is 0 Å². The van der Waals surface area contributed by atoms with Crippen LogP contribution in [0.5, 0.6) is 0 Å². The van der Waals surface area contributed by atoms with Crippen molar-refractivity contribution in [1.29, 1.82) is 0 Å². The van der Waals surface area contributed by atoms with Crippen LogP contribution < -0.4 is 0 Å². The predicted molar refractivity (Wildman–Crippen MR) is 57.6 cm³/mol. The van der Waals surface area contributed by atoms with Crippen LogP contribution in [0.25, 0.3) is 0 Å². The molecule has 2 heteroatoms. The minimum absolute atomic E-state index is 0.157. The van der Waals surface area contributed by atoms with Gasteiger partial charge in [-0.1, -0.05) is 30.3 Å². The lowest BCUT2D eigenvalue weighted by Crippen LogP contribution is -2.34. The summed E-state index contributed by atoms with van der Waals surface area (Å²) in [4.78, 5) is 4.34. The third kappa shape index (κ3) is 1.79. The molecular weight excluding hydrogens is 174 g/mol. The van der Waals surface area contributed by atoms with Crippen LogP contribution in [0.15, 0.2) is 35.3 Å². The summed E-state index contributed by atoms with van der Waals surface area (Å²) in [5.74, 6) is 0. The molecule has 0 spiro atoms. The third-order valence-corrected chi connectivity index (χ3v) is 2.67. The van der Waals surface area contributed by atoms with E-state index >= 15 is 0 Å². The molecule has 14 heavy (non-hydrogen) atoms. The van der Waals surface area contributed by atoms with Gasteiger partial charge in [0.2, 0.25) is 0 Å². The summed E-state index contributed by atoms with van der Waals surface area (Å²) < 4.78 is 5.43. The van der Waals surface area contributed by atoms with Gasteiger partial charge >= 0.3 is 0 Å². The largest absolute Gasteiger partial charge is 0.476 e. The Morgan fingerprint density at radius 3 is 2.57 bits per heavy atom. The molecule has 1 aromatic carbocycles. The molecule has 2 nitrogen and oxygen atoms in total. The third-order valence-electron chi connectivity index (χ3n) is 2.67. The molecule has 0 amide bonds. The molecule has 0 radical (unpaired) electrons. The van der Waals surface area contributed by atoms with Crippen LogP contribution in [-0.2, 0) is 11.2 Å². The summed E-state index contributed by atoms with van der Waals surface area (Å²) in [6.45, 7) is 4.15. The summed E-state index contributed by atoms with van der Waals surface area (Å²) in [5, 5.41) is 0. The molecule has 1 aromatic rings. The fourth-order valence-electron chi connectivity index (χ4n) is 1.63. The first-order valence-corrected chi connectivity index (χ1v) is 4.92. The van der Waals surface area contributed by atoms with E-state index in [0.29, 0.717) is 0 Å². The van der Waals surface area contributed by atoms with Crippen molar-refractivity contribution in [3.05, 3.63) is 35.9 Å². The molecule has 0 saturated heterocycles. The number of ether oxygens (including phenoxy) is 1. The molecule has 0 bridgehead atoms. The van der Waals surface area contributed by atoms with E-state index in [9.17, 15) is 0 Å². The van der Waals surface area contributed by atoms with Gasteiger partial charge in [0.15, 0.2) is 6.40 Å². The molecule has 0 fully saturated rings. The number of hydrogen-bond acceptors (Lipinski definition) is 2. The average Bonchev–Trinajstić information content (AvgIpc) is 2.48. The maximum Gasteiger partial charge on any atom is 0.170 e. The number of nitrogens with zero attached hydrogens (tertiary/aromatic N) is 1. The van der Waals surface area contributed by atoms with Crippen LogP contribution in [-0.4, -0.2) is 18.0 Å². The minimum atomic E-state index is -0.157. The van der Waals surface area contributed by atoms with E-state index in [1.807, 2.05) is 6.07 Å². The Balaban J connectivity index is 2.09. The normalized spacial score (nSPS) is 23.4. The van der Waals surface area contributed by atoms with Crippen molar-refractivity contribution in [3.8, 4) is 0 Å². The van der Waals surface area contributed by atoms with E-state index < -0.39 is 0 Å². The monoisotopic (exact) mass is 189 g/mol. The summed E-state index contributed by atoms with van der Waals surface area (Å²) in [6.07, 6.45) is 2.53. The van der Waals surface area contributed by atoms with Gasteiger partial charge < -0.3 is 4.74 Å². The molecule has 74 valence electrons. The van der Waals surface area contributed by atoms with Gasteiger partial charge in [0.1, 0.15) is 5.60 Å². The zero-order valence-electron chi connectivity index (χ0n) is 8.60. The smallest absolute Gasteiger partial charge is 0.170 e. The molecule has 0 saturated carbocycles. The van der Waals surface area contributed by atoms with Crippen molar-refractivity contribution in [2.24, 2.45) is 4.99 Å². The van der Waals surface area contributed by atoms with Crippen molar-refractivity contribution < 1.29 is 4.74 Å². The Kier molecular flexibility index (Phi) is 2.28. The van der Waals surface area contributed by atoms with Crippen LogP contribution in [0.2, 0.25) is 0 Å². The fraction of sp³-hybridized carbons (Fsp3) is 0.417. The second-order valence-corrected chi connectivity index (χ2v) is 4.18. The summed E-state index contributed by atoms with van der Waals surface area (Å²) in [7, 11) is 0. The minimum Gasteiger partial charge on any atom is -0.476 e. The van der Waals surface area contributed by atoms with Gasteiger partial charge in [0.25, 0.3) is 0 Å². The molecule has 0 aliphatic carbocycles. The van der Waals surface area contributed by atoms with Crippen molar-refractivity contribution in [1.82, 2.24) is 0 Å². The van der Waals surface area contributed by atoms with Gasteiger partial charge in [-0.15, -0.1) is 0 Å². The number of hydrogen-bond donors (Lipinski definition) is 0. The van der Waals surface area contributed by atoms with Gasteiger partial charge in [-0.3, -0.25) is 4.99 Å². The first kappa shape index (κ1) is 9.25. The SMILES string of the molecule is CC1(C)OC=N[C@@H]1Cc1ccccc1. The Morgan fingerprint density at radius 1 is 1.29 bits per heavy atom. The van der Waals surface area contributed by atoms with E-state index in [2.05, 4.69) is 43.1 Å². The highest BCUT2D eigenvalue weighted by molar-refractivity contribution is 5.51. The van der Waals surface area contributed by atoms with Crippen LogP contribution in [0.4, 0.5) is 0 Å². The molecular formula is C12H15NO. The van der Waals surface area contributed by atoms with Crippen molar-refractivity contribution in [2.45, 2.75) is 31.9 Å². The van der Waals surface area contributed by atoms with Crippen LogP contribution in [0, 0.1) is 0 Å². The Bertz CT molecular complexity index is 329. The molecule has 0 unspecified atom stereocenters. The van der Waals surface area contributed by atoms with E-state index in [4.69, 9.17) is 4.74 Å². The summed E-state index contributed by atoms with van der Waals surface area (Å²) in [6, 6.07) is 10.6. The van der Waals surface area contributed by atoms with Crippen LogP contribution in [0.1, 0.15) is 19.4 Å². The van der Waals surface area contributed by atoms with E-state index in [-0.39, 0.29) is 11.6 Å². The highest BCUT2D eigenvalue weighted by atomic mass is 16.5. The van der Waals surface area contributed by atoms with Gasteiger partial charge in [0, 0.05) is 0 Å². The van der Waals surface area contributed by atoms with E-state index in [1.165, 1.54) is 5.56 Å². The maximum absolute atomic E-state index is 5.43. The van der Waals surface area contributed by atoms with Crippen molar-refractivity contribution in [2.75, 3.05) is 0 Å². The first-order chi connectivity index (χ1) is 6.68. The van der Waals surface area contributed by atoms with Gasteiger partial charge in [-0.25, -0.2) is 0 Å². The molecule has 1 heterocycles. The second-order valence-electron chi connectivity index (χ2n) is 4.18. The topological polar surface area (TPSA) is 21.6 Å². The Hall–Kier alpha value is -1.31. The lowest BCUT2D eigenvalue weighted by molar-refractivity contribution is 0.103. The van der Waals surface area contributed by atoms with Gasteiger partial charge in [0.05, 0.1) is 6.04 Å².